The maximum Gasteiger partial charge on any atom is 0.251 e. The summed E-state index contributed by atoms with van der Waals surface area (Å²) in [7, 11) is 1.62. The van der Waals surface area contributed by atoms with Gasteiger partial charge in [0.2, 0.25) is 0 Å². The van der Waals surface area contributed by atoms with Crippen LogP contribution in [0.15, 0.2) is 48.5 Å². The Morgan fingerprint density at radius 1 is 1.16 bits per heavy atom. The van der Waals surface area contributed by atoms with Crippen LogP contribution in [0.1, 0.15) is 11.6 Å². The molecule has 0 aliphatic carbocycles. The number of fused-ring (bicyclic) bond motifs is 1. The second-order valence-corrected chi connectivity index (χ2v) is 4.39. The molecule has 3 rings (SSSR count). The van der Waals surface area contributed by atoms with Crippen LogP contribution in [0, 0.1) is 0 Å². The Bertz CT molecular complexity index is 625. The molecular formula is C15H14N2O2. The van der Waals surface area contributed by atoms with E-state index < -0.39 is 0 Å². The monoisotopic (exact) mass is 254 g/mol. The number of rotatable bonds is 3. The van der Waals surface area contributed by atoms with Crippen LogP contribution in [0.3, 0.4) is 0 Å². The molecule has 0 fully saturated rings. The van der Waals surface area contributed by atoms with E-state index in [1.165, 1.54) is 0 Å². The van der Waals surface area contributed by atoms with Crippen LogP contribution in [0.25, 0.3) is 0 Å². The molecule has 0 aromatic heterocycles. The summed E-state index contributed by atoms with van der Waals surface area (Å²) < 4.78 is 5.18. The number of carbonyl (C=O) groups is 1. The third kappa shape index (κ3) is 2.12. The first-order valence-corrected chi connectivity index (χ1v) is 6.08. The predicted molar refractivity (Wildman–Crippen MR) is 74.4 cm³/mol. The second kappa shape index (κ2) is 4.65. The van der Waals surface area contributed by atoms with Crippen LogP contribution in [0.4, 0.5) is 11.4 Å². The van der Waals surface area contributed by atoms with E-state index in [0.717, 1.165) is 22.7 Å². The molecule has 19 heavy (non-hydrogen) atoms. The van der Waals surface area contributed by atoms with Crippen molar-refractivity contribution in [2.45, 2.75) is 6.04 Å². The van der Waals surface area contributed by atoms with Crippen LogP contribution >= 0.6 is 0 Å². The summed E-state index contributed by atoms with van der Waals surface area (Å²) in [6, 6.07) is 14.9. The molecule has 0 saturated carbocycles. The van der Waals surface area contributed by atoms with E-state index in [1.807, 2.05) is 48.5 Å². The van der Waals surface area contributed by atoms with Gasteiger partial charge in [-0.1, -0.05) is 24.3 Å². The fourth-order valence-corrected chi connectivity index (χ4v) is 2.23. The summed E-state index contributed by atoms with van der Waals surface area (Å²) in [5.41, 5.74) is 2.69. The van der Waals surface area contributed by atoms with Crippen molar-refractivity contribution in [3.8, 4) is 5.75 Å². The summed E-state index contributed by atoms with van der Waals surface area (Å²) in [6.07, 6.45) is 0. The molecule has 1 aliphatic heterocycles. The van der Waals surface area contributed by atoms with Gasteiger partial charge in [-0.3, -0.25) is 4.79 Å². The lowest BCUT2D eigenvalue weighted by Crippen LogP contribution is -2.19. The molecule has 2 aromatic carbocycles. The highest BCUT2D eigenvalue weighted by atomic mass is 16.5. The number of para-hydroxylation sites is 1. The first-order valence-electron chi connectivity index (χ1n) is 6.08. The maximum atomic E-state index is 12.0. The molecule has 1 amide bonds. The topological polar surface area (TPSA) is 50.4 Å². The van der Waals surface area contributed by atoms with E-state index >= 15 is 0 Å². The van der Waals surface area contributed by atoms with Crippen molar-refractivity contribution in [2.24, 2.45) is 0 Å². The van der Waals surface area contributed by atoms with Gasteiger partial charge in [0.05, 0.1) is 7.11 Å². The lowest BCUT2D eigenvalue weighted by molar-refractivity contribution is -0.116. The fraction of sp³-hybridized carbons (Fsp3) is 0.133. The van der Waals surface area contributed by atoms with Crippen molar-refractivity contribution >= 4 is 17.3 Å². The SMILES string of the molecule is COc1cccc(NC2C(=O)Nc3ccccc32)c1. The minimum Gasteiger partial charge on any atom is -0.497 e. The van der Waals surface area contributed by atoms with Gasteiger partial charge in [-0.25, -0.2) is 0 Å². The van der Waals surface area contributed by atoms with Crippen molar-refractivity contribution in [2.75, 3.05) is 17.7 Å². The van der Waals surface area contributed by atoms with Gasteiger partial charge in [-0.15, -0.1) is 0 Å². The van der Waals surface area contributed by atoms with Gasteiger partial charge in [-0.05, 0) is 18.2 Å². The Balaban J connectivity index is 1.89. The lowest BCUT2D eigenvalue weighted by atomic mass is 10.1. The molecule has 2 N–H and O–H groups in total. The quantitative estimate of drug-likeness (QED) is 0.885. The zero-order chi connectivity index (χ0) is 13.2. The fourth-order valence-electron chi connectivity index (χ4n) is 2.23. The molecule has 0 radical (unpaired) electrons. The molecule has 1 atom stereocenters. The van der Waals surface area contributed by atoms with Gasteiger partial charge in [0.15, 0.2) is 0 Å². The van der Waals surface area contributed by atoms with Crippen molar-refractivity contribution in [1.82, 2.24) is 0 Å². The van der Waals surface area contributed by atoms with Crippen LogP contribution in [0.2, 0.25) is 0 Å². The van der Waals surface area contributed by atoms with E-state index in [1.54, 1.807) is 7.11 Å². The van der Waals surface area contributed by atoms with Gasteiger partial charge >= 0.3 is 0 Å². The average Bonchev–Trinajstić information content (AvgIpc) is 2.76. The maximum absolute atomic E-state index is 12.0. The van der Waals surface area contributed by atoms with Gasteiger partial charge in [0, 0.05) is 23.0 Å². The normalized spacial score (nSPS) is 16.7. The Labute approximate surface area is 111 Å². The number of carbonyl (C=O) groups excluding carboxylic acids is 1. The summed E-state index contributed by atoms with van der Waals surface area (Å²) in [4.78, 5) is 12.0. The highest BCUT2D eigenvalue weighted by Crippen LogP contribution is 2.33. The summed E-state index contributed by atoms with van der Waals surface area (Å²) in [5, 5.41) is 6.09. The van der Waals surface area contributed by atoms with Gasteiger partial charge in [-0.2, -0.15) is 0 Å². The number of anilines is 2. The molecule has 2 aromatic rings. The molecule has 4 nitrogen and oxygen atoms in total. The summed E-state index contributed by atoms with van der Waals surface area (Å²) >= 11 is 0. The van der Waals surface area contributed by atoms with Crippen molar-refractivity contribution in [3.63, 3.8) is 0 Å². The predicted octanol–water partition coefficient (Wildman–Crippen LogP) is 2.80. The van der Waals surface area contributed by atoms with Gasteiger partial charge in [0.25, 0.3) is 5.91 Å². The van der Waals surface area contributed by atoms with Crippen LogP contribution < -0.4 is 15.4 Å². The number of methoxy groups -OCH3 is 1. The third-order valence-electron chi connectivity index (χ3n) is 3.17. The van der Waals surface area contributed by atoms with Crippen LogP contribution in [-0.2, 0) is 4.79 Å². The molecule has 0 bridgehead atoms. The second-order valence-electron chi connectivity index (χ2n) is 4.39. The molecule has 4 heteroatoms. The third-order valence-corrected chi connectivity index (χ3v) is 3.17. The first kappa shape index (κ1) is 11.6. The zero-order valence-corrected chi connectivity index (χ0v) is 10.5. The standard InChI is InChI=1S/C15H14N2O2/c1-19-11-6-4-5-10(9-11)16-14-12-7-2-3-8-13(12)17-15(14)18/h2-9,14,16H,1H3,(H,17,18). The number of hydrogen-bond donors (Lipinski definition) is 2. The number of hydrogen-bond acceptors (Lipinski definition) is 3. The van der Waals surface area contributed by atoms with E-state index in [2.05, 4.69) is 10.6 Å². The lowest BCUT2D eigenvalue weighted by Gasteiger charge is -2.13. The smallest absolute Gasteiger partial charge is 0.251 e. The molecule has 96 valence electrons. The van der Waals surface area contributed by atoms with Crippen LogP contribution in [0.5, 0.6) is 5.75 Å². The number of nitrogens with one attached hydrogen (secondary N) is 2. The molecule has 0 spiro atoms. The number of amides is 1. The average molecular weight is 254 g/mol. The summed E-state index contributed by atoms with van der Waals surface area (Å²) in [5.74, 6) is 0.723. The minimum absolute atomic E-state index is 0.0379. The Morgan fingerprint density at radius 3 is 2.84 bits per heavy atom. The molecular weight excluding hydrogens is 240 g/mol. The van der Waals surface area contributed by atoms with Crippen molar-refractivity contribution < 1.29 is 9.53 Å². The Kier molecular flexibility index (Phi) is 2.83. The first-order chi connectivity index (χ1) is 9.28. The highest BCUT2D eigenvalue weighted by Gasteiger charge is 2.29. The zero-order valence-electron chi connectivity index (χ0n) is 10.5. The Morgan fingerprint density at radius 2 is 2.00 bits per heavy atom. The largest absolute Gasteiger partial charge is 0.497 e. The minimum atomic E-state index is -0.358. The molecule has 0 saturated heterocycles. The number of ether oxygens (including phenoxy) is 1. The van der Waals surface area contributed by atoms with Crippen LogP contribution in [-0.4, -0.2) is 13.0 Å². The molecule has 1 aliphatic rings. The van der Waals surface area contributed by atoms with E-state index in [-0.39, 0.29) is 11.9 Å². The molecule has 1 heterocycles. The van der Waals surface area contributed by atoms with Gasteiger partial charge < -0.3 is 15.4 Å². The van der Waals surface area contributed by atoms with E-state index in [0.29, 0.717) is 0 Å². The van der Waals surface area contributed by atoms with E-state index in [9.17, 15) is 4.79 Å². The highest BCUT2D eigenvalue weighted by molar-refractivity contribution is 6.04. The van der Waals surface area contributed by atoms with Crippen molar-refractivity contribution in [3.05, 3.63) is 54.1 Å². The van der Waals surface area contributed by atoms with E-state index in [4.69, 9.17) is 4.74 Å². The van der Waals surface area contributed by atoms with Gasteiger partial charge in [0.1, 0.15) is 11.8 Å². The Hall–Kier alpha value is -2.49. The van der Waals surface area contributed by atoms with Crippen molar-refractivity contribution in [1.29, 1.82) is 0 Å². The number of benzene rings is 2. The molecule has 1 unspecified atom stereocenters. The summed E-state index contributed by atoms with van der Waals surface area (Å²) in [6.45, 7) is 0.